The number of likely N-dealkylation sites (N-methyl/N-ethyl adjacent to an activating group) is 1. The Morgan fingerprint density at radius 1 is 1.02 bits per heavy atom. The number of amides is 2. The van der Waals surface area contributed by atoms with Gasteiger partial charge in [-0.1, -0.05) is 72.8 Å². The number of phenols is 1. The maximum Gasteiger partial charge on any atom is 0.338 e. The highest BCUT2D eigenvalue weighted by Gasteiger charge is 2.43. The van der Waals surface area contributed by atoms with E-state index in [-0.39, 0.29) is 44.4 Å². The van der Waals surface area contributed by atoms with Gasteiger partial charge in [-0.15, -0.1) is 0 Å². The summed E-state index contributed by atoms with van der Waals surface area (Å²) < 4.78 is 17.3. The van der Waals surface area contributed by atoms with E-state index in [1.165, 1.54) is 4.90 Å². The number of nitrogens with one attached hydrogen (secondary N) is 1. The van der Waals surface area contributed by atoms with Crippen LogP contribution < -0.4 is 5.32 Å². The standard InChI is InChI=1S/C36H38N2O8/c1-38(29(34(41)37-18-19-39)20-25-8-3-2-4-9-25)35(42)28-21-31-33(45-23-44-31)32(22-28)46-36(43)27-16-14-24(15-17-27)10-7-12-26-11-5-6-13-30(26)40/h2-11,13-17,21,29,31-33,39-40H,12,18-20,22-23H2,1H3,(H,37,41)/t29-,31-,32-,33-/m1/s1. The molecule has 0 aromatic heterocycles. The van der Waals surface area contributed by atoms with Crippen molar-refractivity contribution < 1.29 is 38.8 Å². The van der Waals surface area contributed by atoms with Gasteiger partial charge in [0.25, 0.3) is 0 Å². The Morgan fingerprint density at radius 2 is 1.76 bits per heavy atom. The fraction of sp³-hybridized carbons (Fsp3) is 0.306. The zero-order valence-electron chi connectivity index (χ0n) is 25.6. The zero-order valence-corrected chi connectivity index (χ0v) is 25.6. The number of esters is 1. The number of rotatable bonds is 12. The van der Waals surface area contributed by atoms with E-state index in [9.17, 15) is 24.6 Å². The number of para-hydroxylation sites is 1. The summed E-state index contributed by atoms with van der Waals surface area (Å²) in [7, 11) is 1.56. The van der Waals surface area contributed by atoms with Gasteiger partial charge in [-0.25, -0.2) is 4.79 Å². The molecular weight excluding hydrogens is 588 g/mol. The van der Waals surface area contributed by atoms with Gasteiger partial charge in [-0.05, 0) is 47.4 Å². The minimum absolute atomic E-state index is 0.000814. The number of hydrogen-bond donors (Lipinski definition) is 3. The quantitative estimate of drug-likeness (QED) is 0.261. The van der Waals surface area contributed by atoms with Crippen molar-refractivity contribution in [3.05, 3.63) is 119 Å². The van der Waals surface area contributed by atoms with Gasteiger partial charge in [0.15, 0.2) is 0 Å². The number of nitrogens with zero attached hydrogens (tertiary/aromatic N) is 1. The van der Waals surface area contributed by atoms with E-state index in [0.29, 0.717) is 17.6 Å². The predicted octanol–water partition coefficient (Wildman–Crippen LogP) is 3.42. The van der Waals surface area contributed by atoms with Crippen molar-refractivity contribution in [3.63, 3.8) is 0 Å². The van der Waals surface area contributed by atoms with E-state index in [2.05, 4.69) is 5.32 Å². The molecule has 0 radical (unpaired) electrons. The Kier molecular flexibility index (Phi) is 11.0. The largest absolute Gasteiger partial charge is 0.508 e. The topological polar surface area (TPSA) is 135 Å². The summed E-state index contributed by atoms with van der Waals surface area (Å²) in [5.41, 5.74) is 3.27. The van der Waals surface area contributed by atoms with Crippen LogP contribution in [0.4, 0.5) is 0 Å². The Hall–Kier alpha value is -4.77. The molecule has 3 aromatic rings. The SMILES string of the molecule is CN(C(=O)C1=C[C@H]2OCO[C@H]2[C@H](OC(=O)c2ccc(C=CCc3ccccc3O)cc2)C1)[C@H](Cc1ccccc1)C(=O)NCCO. The fourth-order valence-corrected chi connectivity index (χ4v) is 5.56. The molecule has 1 heterocycles. The number of aliphatic hydroxyl groups excluding tert-OH is 1. The summed E-state index contributed by atoms with van der Waals surface area (Å²) in [4.78, 5) is 41.5. The van der Waals surface area contributed by atoms with Crippen LogP contribution in [0.1, 0.15) is 33.5 Å². The predicted molar refractivity (Wildman–Crippen MR) is 171 cm³/mol. The van der Waals surface area contributed by atoms with Crippen molar-refractivity contribution in [3.8, 4) is 5.75 Å². The van der Waals surface area contributed by atoms with Crippen molar-refractivity contribution in [2.45, 2.75) is 43.6 Å². The first kappa shape index (κ1) is 32.6. The minimum Gasteiger partial charge on any atom is -0.508 e. The molecule has 1 saturated heterocycles. The Bertz CT molecular complexity index is 1570. The van der Waals surface area contributed by atoms with Crippen LogP contribution in [0.25, 0.3) is 6.08 Å². The molecule has 46 heavy (non-hydrogen) atoms. The number of carbonyl (C=O) groups is 3. The van der Waals surface area contributed by atoms with E-state index in [4.69, 9.17) is 14.2 Å². The molecule has 1 aliphatic heterocycles. The highest BCUT2D eigenvalue weighted by Crippen LogP contribution is 2.32. The third kappa shape index (κ3) is 8.08. The number of aliphatic hydroxyl groups is 1. The molecule has 0 spiro atoms. The van der Waals surface area contributed by atoms with Crippen LogP contribution in [0.2, 0.25) is 0 Å². The maximum atomic E-state index is 13.8. The molecule has 1 aliphatic carbocycles. The van der Waals surface area contributed by atoms with Crippen LogP contribution in [-0.2, 0) is 36.6 Å². The number of carbonyl (C=O) groups excluding carboxylic acids is 3. The van der Waals surface area contributed by atoms with E-state index < -0.39 is 36.2 Å². The lowest BCUT2D eigenvalue weighted by Gasteiger charge is -2.33. The number of fused-ring (bicyclic) bond motifs is 1. The molecule has 4 atom stereocenters. The van der Waals surface area contributed by atoms with Crippen molar-refractivity contribution in [2.75, 3.05) is 27.0 Å². The highest BCUT2D eigenvalue weighted by atomic mass is 16.7. The smallest absolute Gasteiger partial charge is 0.338 e. The van der Waals surface area contributed by atoms with E-state index >= 15 is 0 Å². The van der Waals surface area contributed by atoms with Crippen LogP contribution in [0.5, 0.6) is 5.75 Å². The van der Waals surface area contributed by atoms with Gasteiger partial charge in [0.1, 0.15) is 36.9 Å². The van der Waals surface area contributed by atoms with Gasteiger partial charge in [-0.3, -0.25) is 9.59 Å². The number of ether oxygens (including phenoxy) is 3. The molecule has 0 bridgehead atoms. The van der Waals surface area contributed by atoms with Crippen molar-refractivity contribution >= 4 is 23.9 Å². The summed E-state index contributed by atoms with van der Waals surface area (Å²) in [5.74, 6) is -1.09. The Morgan fingerprint density at radius 3 is 2.50 bits per heavy atom. The molecule has 10 heteroatoms. The lowest BCUT2D eigenvalue weighted by Crippen LogP contribution is -2.51. The van der Waals surface area contributed by atoms with Crippen molar-refractivity contribution in [2.24, 2.45) is 0 Å². The number of phenolic OH excluding ortho intramolecular Hbond substituents is 1. The summed E-state index contributed by atoms with van der Waals surface area (Å²) in [6.07, 6.45) is 4.50. The van der Waals surface area contributed by atoms with Crippen molar-refractivity contribution in [1.29, 1.82) is 0 Å². The average Bonchev–Trinajstić information content (AvgIpc) is 3.56. The van der Waals surface area contributed by atoms with E-state index in [1.54, 1.807) is 49.5 Å². The molecule has 3 N–H and O–H groups in total. The molecular formula is C36H38N2O8. The minimum atomic E-state index is -0.840. The second-order valence-corrected chi connectivity index (χ2v) is 11.2. The number of allylic oxidation sites excluding steroid dienone is 1. The second kappa shape index (κ2) is 15.5. The van der Waals surface area contributed by atoms with Crippen LogP contribution in [0.15, 0.2) is 96.6 Å². The zero-order chi connectivity index (χ0) is 32.5. The summed E-state index contributed by atoms with van der Waals surface area (Å²) in [6.45, 7) is -0.157. The average molecular weight is 627 g/mol. The number of benzene rings is 3. The van der Waals surface area contributed by atoms with Gasteiger partial charge < -0.3 is 34.6 Å². The molecule has 1 fully saturated rings. The number of hydrogen-bond acceptors (Lipinski definition) is 8. The van der Waals surface area contributed by atoms with Gasteiger partial charge in [0.2, 0.25) is 11.8 Å². The lowest BCUT2D eigenvalue weighted by molar-refractivity contribution is -0.137. The third-order valence-corrected chi connectivity index (χ3v) is 8.09. The third-order valence-electron chi connectivity index (χ3n) is 8.09. The monoisotopic (exact) mass is 626 g/mol. The first-order valence-electron chi connectivity index (χ1n) is 15.2. The van der Waals surface area contributed by atoms with Crippen LogP contribution in [-0.4, -0.2) is 84.2 Å². The van der Waals surface area contributed by atoms with Crippen LogP contribution in [0.3, 0.4) is 0 Å². The molecule has 2 aliphatic rings. The maximum absolute atomic E-state index is 13.8. The van der Waals surface area contributed by atoms with Crippen LogP contribution in [0, 0.1) is 0 Å². The lowest BCUT2D eigenvalue weighted by atomic mass is 9.90. The first-order chi connectivity index (χ1) is 22.3. The van der Waals surface area contributed by atoms with Gasteiger partial charge in [-0.2, -0.15) is 0 Å². The summed E-state index contributed by atoms with van der Waals surface area (Å²) in [6, 6.07) is 22.6. The molecule has 3 aromatic carbocycles. The molecule has 0 unspecified atom stereocenters. The number of aromatic hydroxyl groups is 1. The fourth-order valence-electron chi connectivity index (χ4n) is 5.56. The molecule has 5 rings (SSSR count). The molecule has 240 valence electrons. The van der Waals surface area contributed by atoms with Gasteiger partial charge in [0, 0.05) is 32.0 Å². The van der Waals surface area contributed by atoms with Crippen molar-refractivity contribution in [1.82, 2.24) is 10.2 Å². The normalized spacial score (nSPS) is 19.6. The van der Waals surface area contributed by atoms with Gasteiger partial charge in [0.05, 0.1) is 12.2 Å². The molecule has 2 amide bonds. The summed E-state index contributed by atoms with van der Waals surface area (Å²) >= 11 is 0. The summed E-state index contributed by atoms with van der Waals surface area (Å²) in [5, 5.41) is 21.8. The Labute approximate surface area is 267 Å². The highest BCUT2D eigenvalue weighted by molar-refractivity contribution is 5.97. The van der Waals surface area contributed by atoms with E-state index in [1.807, 2.05) is 54.6 Å². The first-order valence-corrected chi connectivity index (χ1v) is 15.2. The van der Waals surface area contributed by atoms with Crippen LogP contribution >= 0.6 is 0 Å². The van der Waals surface area contributed by atoms with E-state index in [0.717, 1.165) is 16.7 Å². The second-order valence-electron chi connectivity index (χ2n) is 11.2. The van der Waals surface area contributed by atoms with Gasteiger partial charge >= 0.3 is 5.97 Å². The Balaban J connectivity index is 1.25. The molecule has 0 saturated carbocycles. The molecule has 10 nitrogen and oxygen atoms in total.